The first kappa shape index (κ1) is 17.2. The molecular formula is C19H19N7. The molecule has 3 aromatic rings. The third kappa shape index (κ3) is 4.94. The molecule has 0 bridgehead atoms. The standard InChI is InChI=1S/C19H19N7/c1-13-12-14(2)22-19(21-13)24-18(20)23-15-8-10-17(11-9-15)26-25-16-6-4-3-5-7-16/h3-12H,1-2H3,(H3,20,21,22,23,24). The van der Waals surface area contributed by atoms with E-state index < -0.39 is 0 Å². The first-order valence-corrected chi connectivity index (χ1v) is 8.09. The van der Waals surface area contributed by atoms with Crippen LogP contribution in [0.2, 0.25) is 0 Å². The van der Waals surface area contributed by atoms with Crippen LogP contribution in [0, 0.1) is 13.8 Å². The first-order valence-electron chi connectivity index (χ1n) is 8.09. The molecule has 26 heavy (non-hydrogen) atoms. The van der Waals surface area contributed by atoms with Crippen molar-refractivity contribution < 1.29 is 0 Å². The number of anilines is 1. The molecule has 3 rings (SSSR count). The summed E-state index contributed by atoms with van der Waals surface area (Å²) in [5.41, 5.74) is 9.95. The minimum Gasteiger partial charge on any atom is -0.369 e. The Labute approximate surface area is 151 Å². The van der Waals surface area contributed by atoms with E-state index in [0.717, 1.165) is 28.5 Å². The van der Waals surface area contributed by atoms with Crippen LogP contribution in [-0.2, 0) is 0 Å². The summed E-state index contributed by atoms with van der Waals surface area (Å²) in [5, 5.41) is 11.4. The van der Waals surface area contributed by atoms with Crippen molar-refractivity contribution in [1.29, 1.82) is 0 Å². The van der Waals surface area contributed by atoms with Crippen molar-refractivity contribution >= 4 is 29.0 Å². The van der Waals surface area contributed by atoms with Gasteiger partial charge in [0.15, 0.2) is 0 Å². The van der Waals surface area contributed by atoms with Gasteiger partial charge in [0.1, 0.15) is 0 Å². The van der Waals surface area contributed by atoms with Crippen LogP contribution in [0.15, 0.2) is 75.9 Å². The second-order valence-corrected chi connectivity index (χ2v) is 5.66. The highest BCUT2D eigenvalue weighted by Gasteiger charge is 2.01. The van der Waals surface area contributed by atoms with Crippen LogP contribution in [0.5, 0.6) is 0 Å². The SMILES string of the molecule is Cc1cc(C)nc(/N=C(/N)Nc2ccc(N=Nc3ccccc3)cc2)n1. The van der Waals surface area contributed by atoms with Gasteiger partial charge in [-0.05, 0) is 56.3 Å². The molecule has 1 aromatic heterocycles. The molecule has 2 aromatic carbocycles. The summed E-state index contributed by atoms with van der Waals surface area (Å²) >= 11 is 0. The molecule has 130 valence electrons. The molecule has 0 unspecified atom stereocenters. The van der Waals surface area contributed by atoms with Gasteiger partial charge in [0, 0.05) is 17.1 Å². The maximum absolute atomic E-state index is 5.93. The van der Waals surface area contributed by atoms with Crippen molar-refractivity contribution in [1.82, 2.24) is 9.97 Å². The molecule has 0 saturated carbocycles. The van der Waals surface area contributed by atoms with Crippen LogP contribution in [0.3, 0.4) is 0 Å². The van der Waals surface area contributed by atoms with Crippen LogP contribution in [0.25, 0.3) is 0 Å². The Morgan fingerprint density at radius 2 is 1.42 bits per heavy atom. The smallest absolute Gasteiger partial charge is 0.253 e. The fourth-order valence-corrected chi connectivity index (χ4v) is 2.26. The van der Waals surface area contributed by atoms with Crippen LogP contribution < -0.4 is 11.1 Å². The zero-order valence-corrected chi connectivity index (χ0v) is 14.6. The molecule has 0 saturated heterocycles. The van der Waals surface area contributed by atoms with Crippen molar-refractivity contribution in [3.63, 3.8) is 0 Å². The average Bonchev–Trinajstić information content (AvgIpc) is 2.61. The normalized spacial score (nSPS) is 11.7. The lowest BCUT2D eigenvalue weighted by Gasteiger charge is -2.05. The van der Waals surface area contributed by atoms with Crippen molar-refractivity contribution in [2.75, 3.05) is 5.32 Å². The number of nitrogens with one attached hydrogen (secondary N) is 1. The quantitative estimate of drug-likeness (QED) is 0.411. The number of aliphatic imine (C=N–C) groups is 1. The molecule has 3 N–H and O–H groups in total. The summed E-state index contributed by atoms with van der Waals surface area (Å²) in [5.74, 6) is 0.550. The monoisotopic (exact) mass is 345 g/mol. The highest BCUT2D eigenvalue weighted by molar-refractivity contribution is 5.93. The molecule has 0 fully saturated rings. The number of rotatable bonds is 4. The van der Waals surface area contributed by atoms with Gasteiger partial charge in [0.25, 0.3) is 5.95 Å². The van der Waals surface area contributed by atoms with Gasteiger partial charge in [-0.15, -0.1) is 0 Å². The zero-order chi connectivity index (χ0) is 18.4. The predicted octanol–water partition coefficient (Wildman–Crippen LogP) is 4.57. The number of aromatic nitrogens is 2. The second kappa shape index (κ2) is 7.98. The maximum atomic E-state index is 5.93. The predicted molar refractivity (Wildman–Crippen MR) is 103 cm³/mol. The van der Waals surface area contributed by atoms with E-state index in [1.165, 1.54) is 0 Å². The Morgan fingerprint density at radius 1 is 0.846 bits per heavy atom. The molecular weight excluding hydrogens is 326 g/mol. The summed E-state index contributed by atoms with van der Waals surface area (Å²) in [4.78, 5) is 12.7. The highest BCUT2D eigenvalue weighted by Crippen LogP contribution is 2.20. The zero-order valence-electron chi connectivity index (χ0n) is 14.6. The highest BCUT2D eigenvalue weighted by atomic mass is 15.2. The summed E-state index contributed by atoms with van der Waals surface area (Å²) in [7, 11) is 0. The number of nitrogens with two attached hydrogens (primary N) is 1. The summed E-state index contributed by atoms with van der Waals surface area (Å²) in [6, 6.07) is 18.8. The van der Waals surface area contributed by atoms with Gasteiger partial charge >= 0.3 is 0 Å². The van der Waals surface area contributed by atoms with Gasteiger partial charge in [0.2, 0.25) is 5.96 Å². The molecule has 0 aliphatic rings. The number of hydrogen-bond donors (Lipinski definition) is 2. The van der Waals surface area contributed by atoms with Gasteiger partial charge in [0.05, 0.1) is 11.4 Å². The Hall–Kier alpha value is -3.61. The number of hydrogen-bond acceptors (Lipinski definition) is 5. The molecule has 7 heteroatoms. The Morgan fingerprint density at radius 3 is 2.04 bits per heavy atom. The van der Waals surface area contributed by atoms with Crippen LogP contribution in [0.1, 0.15) is 11.4 Å². The largest absolute Gasteiger partial charge is 0.369 e. The van der Waals surface area contributed by atoms with Crippen LogP contribution >= 0.6 is 0 Å². The molecule has 1 heterocycles. The van der Waals surface area contributed by atoms with Crippen LogP contribution in [-0.4, -0.2) is 15.9 Å². The molecule has 0 spiro atoms. The van der Waals surface area contributed by atoms with E-state index in [1.54, 1.807) is 0 Å². The molecule has 7 nitrogen and oxygen atoms in total. The number of nitrogens with zero attached hydrogens (tertiary/aromatic N) is 5. The lowest BCUT2D eigenvalue weighted by atomic mass is 10.3. The fraction of sp³-hybridized carbons (Fsp3) is 0.105. The minimum absolute atomic E-state index is 0.216. The van der Waals surface area contributed by atoms with E-state index in [9.17, 15) is 0 Å². The number of benzene rings is 2. The van der Waals surface area contributed by atoms with Gasteiger partial charge in [-0.25, -0.2) is 9.97 Å². The lowest BCUT2D eigenvalue weighted by Crippen LogP contribution is -2.22. The average molecular weight is 345 g/mol. The molecule has 0 radical (unpaired) electrons. The number of guanidine groups is 1. The lowest BCUT2D eigenvalue weighted by molar-refractivity contribution is 1.04. The first-order chi connectivity index (χ1) is 12.6. The maximum Gasteiger partial charge on any atom is 0.253 e. The van der Waals surface area contributed by atoms with Gasteiger partial charge in [-0.3, -0.25) is 0 Å². The molecule has 0 atom stereocenters. The van der Waals surface area contributed by atoms with E-state index in [1.807, 2.05) is 74.5 Å². The van der Waals surface area contributed by atoms with Crippen molar-refractivity contribution in [3.8, 4) is 0 Å². The van der Waals surface area contributed by atoms with Gasteiger partial charge in [-0.2, -0.15) is 15.2 Å². The third-order valence-corrected chi connectivity index (χ3v) is 3.37. The van der Waals surface area contributed by atoms with Gasteiger partial charge < -0.3 is 11.1 Å². The summed E-state index contributed by atoms with van der Waals surface area (Å²) < 4.78 is 0. The Kier molecular flexibility index (Phi) is 5.28. The van der Waals surface area contributed by atoms with Gasteiger partial charge in [-0.1, -0.05) is 18.2 Å². The summed E-state index contributed by atoms with van der Waals surface area (Å²) in [6.07, 6.45) is 0. The topological polar surface area (TPSA) is 101 Å². The van der Waals surface area contributed by atoms with Crippen LogP contribution in [0.4, 0.5) is 23.0 Å². The second-order valence-electron chi connectivity index (χ2n) is 5.66. The fourth-order valence-electron chi connectivity index (χ4n) is 2.26. The van der Waals surface area contributed by atoms with E-state index in [0.29, 0.717) is 5.95 Å². The van der Waals surface area contributed by atoms with Crippen molar-refractivity contribution in [2.24, 2.45) is 21.0 Å². The molecule has 0 aliphatic heterocycles. The van der Waals surface area contributed by atoms with Crippen molar-refractivity contribution in [2.45, 2.75) is 13.8 Å². The summed E-state index contributed by atoms with van der Waals surface area (Å²) in [6.45, 7) is 3.78. The number of aryl methyl sites for hydroxylation is 2. The Bertz CT molecular complexity index is 912. The van der Waals surface area contributed by atoms with E-state index in [4.69, 9.17) is 5.73 Å². The van der Waals surface area contributed by atoms with E-state index >= 15 is 0 Å². The minimum atomic E-state index is 0.216. The Balaban J connectivity index is 1.67. The third-order valence-electron chi connectivity index (χ3n) is 3.37. The molecule has 0 aliphatic carbocycles. The number of azo groups is 1. The van der Waals surface area contributed by atoms with E-state index in [-0.39, 0.29) is 5.96 Å². The van der Waals surface area contributed by atoms with E-state index in [2.05, 4.69) is 30.5 Å². The van der Waals surface area contributed by atoms with Crippen molar-refractivity contribution in [3.05, 3.63) is 72.1 Å². The molecule has 0 amide bonds.